The lowest BCUT2D eigenvalue weighted by molar-refractivity contribution is 0.0986. The normalized spacial score (nSPS) is 15.1. The maximum Gasteiger partial charge on any atom is 0.260 e. The van der Waals surface area contributed by atoms with Crippen LogP contribution in [0.25, 0.3) is 10.2 Å². The van der Waals surface area contributed by atoms with Gasteiger partial charge in [-0.1, -0.05) is 30.6 Å². The van der Waals surface area contributed by atoms with Crippen LogP contribution >= 0.6 is 11.3 Å². The van der Waals surface area contributed by atoms with Gasteiger partial charge >= 0.3 is 0 Å². The van der Waals surface area contributed by atoms with Gasteiger partial charge in [0.15, 0.2) is 10.9 Å². The molecule has 0 N–H and O–H groups in total. The minimum absolute atomic E-state index is 0.0130. The van der Waals surface area contributed by atoms with Crippen LogP contribution in [0.2, 0.25) is 0 Å². The maximum atomic E-state index is 14.3. The molecule has 0 unspecified atom stereocenters. The molecule has 7 nitrogen and oxygen atoms in total. The summed E-state index contributed by atoms with van der Waals surface area (Å²) in [4.78, 5) is 21.4. The fraction of sp³-hybridized carbons (Fsp3) is 0.462. The van der Waals surface area contributed by atoms with Crippen LogP contribution in [-0.2, 0) is 10.0 Å². The quantitative estimate of drug-likeness (QED) is 0.370. The Morgan fingerprint density at radius 2 is 1.70 bits per heavy atom. The van der Waals surface area contributed by atoms with Crippen LogP contribution in [0, 0.1) is 11.6 Å². The lowest BCUT2D eigenvalue weighted by Crippen LogP contribution is -2.38. The molecule has 11 heteroatoms. The molecule has 1 aliphatic carbocycles. The molecule has 0 atom stereocenters. The van der Waals surface area contributed by atoms with Gasteiger partial charge in [-0.25, -0.2) is 22.2 Å². The fourth-order valence-electron chi connectivity index (χ4n) is 4.62. The average molecular weight is 551 g/mol. The summed E-state index contributed by atoms with van der Waals surface area (Å²) in [5.74, 6) is -1.88. The number of halogens is 2. The summed E-state index contributed by atoms with van der Waals surface area (Å²) in [5.41, 5.74) is 0.300. The first kappa shape index (κ1) is 27.6. The number of rotatable bonds is 9. The highest BCUT2D eigenvalue weighted by molar-refractivity contribution is 7.89. The Morgan fingerprint density at radius 3 is 2.35 bits per heavy atom. The van der Waals surface area contributed by atoms with Gasteiger partial charge in [-0.15, -0.1) is 0 Å². The zero-order valence-corrected chi connectivity index (χ0v) is 22.9. The molecular weight excluding hydrogens is 518 g/mol. The molecule has 1 aromatic heterocycles. The largest absolute Gasteiger partial charge is 0.309 e. The van der Waals surface area contributed by atoms with Crippen molar-refractivity contribution in [1.82, 2.24) is 14.2 Å². The molecule has 3 aromatic rings. The first-order valence-corrected chi connectivity index (χ1v) is 14.6. The van der Waals surface area contributed by atoms with Crippen molar-refractivity contribution < 1.29 is 22.0 Å². The van der Waals surface area contributed by atoms with Gasteiger partial charge in [0.05, 0.1) is 9.60 Å². The van der Waals surface area contributed by atoms with Gasteiger partial charge < -0.3 is 4.90 Å². The Hall–Kier alpha value is -2.47. The zero-order chi connectivity index (χ0) is 26.7. The van der Waals surface area contributed by atoms with Crippen molar-refractivity contribution in [2.24, 2.45) is 0 Å². The number of hydrogen-bond donors (Lipinski definition) is 0. The number of anilines is 1. The number of amides is 1. The lowest BCUT2D eigenvalue weighted by atomic mass is 9.96. The molecule has 4 rings (SSSR count). The minimum Gasteiger partial charge on any atom is -0.309 e. The van der Waals surface area contributed by atoms with Gasteiger partial charge in [0.1, 0.15) is 11.3 Å². The van der Waals surface area contributed by atoms with Crippen molar-refractivity contribution in [3.05, 3.63) is 53.6 Å². The second-order valence-electron chi connectivity index (χ2n) is 9.68. The number of hydrogen-bond acceptors (Lipinski definition) is 6. The second kappa shape index (κ2) is 11.5. The van der Waals surface area contributed by atoms with E-state index in [1.165, 1.54) is 39.5 Å². The Kier molecular flexibility index (Phi) is 8.57. The number of sulfonamides is 1. The molecule has 1 aliphatic rings. The average Bonchev–Trinajstić information content (AvgIpc) is 3.30. The standard InChI is InChI=1S/C26H32F2N4O3S2/c1-30(2)14-7-15-32(26-29-24-22(28)16-19(27)17-23(24)36-26)25(33)18-10-12-21(13-11-18)37(34,35)31(3)20-8-5-4-6-9-20/h10-13,16-17,20H,4-9,14-15H2,1-3H3. The van der Waals surface area contributed by atoms with E-state index in [2.05, 4.69) is 4.98 Å². The molecule has 0 spiro atoms. The first-order chi connectivity index (χ1) is 17.6. The molecule has 0 aliphatic heterocycles. The predicted octanol–water partition coefficient (Wildman–Crippen LogP) is 5.13. The van der Waals surface area contributed by atoms with Gasteiger partial charge in [-0.05, 0) is 70.2 Å². The second-order valence-corrected chi connectivity index (χ2v) is 12.7. The van der Waals surface area contributed by atoms with Crippen molar-refractivity contribution >= 4 is 42.6 Å². The van der Waals surface area contributed by atoms with Crippen molar-refractivity contribution in [1.29, 1.82) is 0 Å². The highest BCUT2D eigenvalue weighted by atomic mass is 32.2. The van der Waals surface area contributed by atoms with Gasteiger partial charge in [-0.3, -0.25) is 9.69 Å². The van der Waals surface area contributed by atoms with Crippen LogP contribution < -0.4 is 4.90 Å². The molecule has 2 aromatic carbocycles. The molecule has 1 saturated carbocycles. The number of nitrogens with zero attached hydrogens (tertiary/aromatic N) is 4. The molecule has 0 radical (unpaired) electrons. The van der Waals surface area contributed by atoms with Crippen LogP contribution in [0.4, 0.5) is 13.9 Å². The van der Waals surface area contributed by atoms with Gasteiger partial charge in [0.2, 0.25) is 10.0 Å². The van der Waals surface area contributed by atoms with Crippen molar-refractivity contribution in [3.63, 3.8) is 0 Å². The Bertz CT molecular complexity index is 1350. The van der Waals surface area contributed by atoms with Crippen molar-refractivity contribution in [2.45, 2.75) is 49.5 Å². The smallest absolute Gasteiger partial charge is 0.260 e. The van der Waals surface area contributed by atoms with Gasteiger partial charge in [-0.2, -0.15) is 4.31 Å². The van der Waals surface area contributed by atoms with E-state index in [1.807, 2.05) is 19.0 Å². The number of benzene rings is 2. The number of aromatic nitrogens is 1. The topological polar surface area (TPSA) is 73.8 Å². The zero-order valence-electron chi connectivity index (χ0n) is 21.3. The van der Waals surface area contributed by atoms with E-state index in [4.69, 9.17) is 0 Å². The number of carbonyl (C=O) groups is 1. The van der Waals surface area contributed by atoms with Crippen molar-refractivity contribution in [3.8, 4) is 0 Å². The van der Waals surface area contributed by atoms with E-state index in [1.54, 1.807) is 7.05 Å². The van der Waals surface area contributed by atoms with E-state index in [9.17, 15) is 22.0 Å². The number of fused-ring (bicyclic) bond motifs is 1. The third-order valence-electron chi connectivity index (χ3n) is 6.73. The Balaban J connectivity index is 1.60. The van der Waals surface area contributed by atoms with Gasteiger partial charge in [0, 0.05) is 31.3 Å². The van der Waals surface area contributed by atoms with Crippen LogP contribution in [0.5, 0.6) is 0 Å². The van der Waals surface area contributed by atoms with Crippen LogP contribution in [-0.4, -0.2) is 68.8 Å². The minimum atomic E-state index is -3.69. The first-order valence-electron chi connectivity index (χ1n) is 12.4. The highest BCUT2D eigenvalue weighted by Crippen LogP contribution is 2.32. The molecule has 1 fully saturated rings. The van der Waals surface area contributed by atoms with Crippen LogP contribution in [0.3, 0.4) is 0 Å². The molecule has 37 heavy (non-hydrogen) atoms. The van der Waals surface area contributed by atoms with Gasteiger partial charge in [0.25, 0.3) is 5.91 Å². The number of carbonyl (C=O) groups excluding carboxylic acids is 1. The van der Waals surface area contributed by atoms with E-state index >= 15 is 0 Å². The molecular formula is C26H32F2N4O3S2. The summed E-state index contributed by atoms with van der Waals surface area (Å²) in [6.45, 7) is 1.02. The summed E-state index contributed by atoms with van der Waals surface area (Å²) in [6.07, 6.45) is 5.49. The van der Waals surface area contributed by atoms with E-state index in [-0.39, 0.29) is 33.1 Å². The fourth-order valence-corrected chi connectivity index (χ4v) is 7.07. The molecule has 200 valence electrons. The van der Waals surface area contributed by atoms with E-state index < -0.39 is 21.7 Å². The van der Waals surface area contributed by atoms with E-state index in [0.717, 1.165) is 49.5 Å². The highest BCUT2D eigenvalue weighted by Gasteiger charge is 2.29. The Labute approximate surface area is 220 Å². The summed E-state index contributed by atoms with van der Waals surface area (Å²) in [7, 11) is 1.77. The SMILES string of the molecule is CN(C)CCCN(C(=O)c1ccc(S(=O)(=O)N(C)C2CCCCC2)cc1)c1nc2c(F)cc(F)cc2s1. The molecule has 1 amide bonds. The monoisotopic (exact) mass is 550 g/mol. The predicted molar refractivity (Wildman–Crippen MR) is 143 cm³/mol. The molecule has 1 heterocycles. The molecule has 0 saturated heterocycles. The summed E-state index contributed by atoms with van der Waals surface area (Å²) >= 11 is 1.04. The lowest BCUT2D eigenvalue weighted by Gasteiger charge is -2.30. The Morgan fingerprint density at radius 1 is 1.03 bits per heavy atom. The third-order valence-corrected chi connectivity index (χ3v) is 9.68. The third kappa shape index (κ3) is 6.17. The maximum absolute atomic E-state index is 14.3. The number of thiazole rings is 1. The van der Waals surface area contributed by atoms with E-state index in [0.29, 0.717) is 24.2 Å². The summed E-state index contributed by atoms with van der Waals surface area (Å²) in [6, 6.07) is 7.85. The molecule has 0 bridgehead atoms. The van der Waals surface area contributed by atoms with Crippen LogP contribution in [0.1, 0.15) is 48.9 Å². The summed E-state index contributed by atoms with van der Waals surface area (Å²) < 4.78 is 56.2. The van der Waals surface area contributed by atoms with Crippen molar-refractivity contribution in [2.75, 3.05) is 39.1 Å². The summed E-state index contributed by atoms with van der Waals surface area (Å²) in [5, 5.41) is 0.261. The van der Waals surface area contributed by atoms with Crippen LogP contribution in [0.15, 0.2) is 41.3 Å².